The molecule has 0 saturated heterocycles. The number of hydrogen-bond acceptors (Lipinski definition) is 4. The Balaban J connectivity index is 2.01. The van der Waals surface area contributed by atoms with Gasteiger partial charge in [-0.05, 0) is 49.3 Å². The molecule has 0 aromatic heterocycles. The van der Waals surface area contributed by atoms with Crippen LogP contribution in [0.15, 0.2) is 29.2 Å². The van der Waals surface area contributed by atoms with Crippen molar-refractivity contribution in [1.82, 2.24) is 0 Å². The van der Waals surface area contributed by atoms with Crippen molar-refractivity contribution in [2.45, 2.75) is 61.1 Å². The molecular formula is C17H25NO2S. The summed E-state index contributed by atoms with van der Waals surface area (Å²) in [5.41, 5.74) is 6.78. The van der Waals surface area contributed by atoms with Crippen LogP contribution in [0, 0.1) is 0 Å². The van der Waals surface area contributed by atoms with Gasteiger partial charge in [0.1, 0.15) is 5.54 Å². The summed E-state index contributed by atoms with van der Waals surface area (Å²) >= 11 is 1.83. The quantitative estimate of drug-likeness (QED) is 0.861. The lowest BCUT2D eigenvalue weighted by Gasteiger charge is -2.35. The van der Waals surface area contributed by atoms with Crippen molar-refractivity contribution in [2.75, 3.05) is 7.11 Å². The molecule has 2 N–H and O–H groups in total. The third-order valence-corrected chi connectivity index (χ3v) is 5.46. The second kappa shape index (κ2) is 6.84. The number of ether oxygens (including phenoxy) is 1. The zero-order valence-electron chi connectivity index (χ0n) is 13.1. The Hall–Kier alpha value is -1.00. The zero-order valence-corrected chi connectivity index (χ0v) is 13.9. The summed E-state index contributed by atoms with van der Waals surface area (Å²) in [5.74, 6) is 0.276. The van der Waals surface area contributed by atoms with Gasteiger partial charge >= 0.3 is 5.97 Å². The van der Waals surface area contributed by atoms with E-state index in [4.69, 9.17) is 10.5 Å². The van der Waals surface area contributed by atoms with E-state index in [1.165, 1.54) is 17.6 Å². The second-order valence-electron chi connectivity index (χ2n) is 6.21. The van der Waals surface area contributed by atoms with Crippen molar-refractivity contribution < 1.29 is 9.53 Å². The Labute approximate surface area is 131 Å². The fraction of sp³-hybridized carbons (Fsp3) is 0.588. The van der Waals surface area contributed by atoms with Crippen LogP contribution < -0.4 is 5.73 Å². The van der Waals surface area contributed by atoms with Gasteiger partial charge in [-0.15, -0.1) is 11.8 Å². The second-order valence-corrected chi connectivity index (χ2v) is 7.58. The van der Waals surface area contributed by atoms with E-state index in [2.05, 4.69) is 38.1 Å². The molecule has 2 unspecified atom stereocenters. The molecule has 1 aromatic rings. The Morgan fingerprint density at radius 3 is 2.62 bits per heavy atom. The predicted molar refractivity (Wildman–Crippen MR) is 87.6 cm³/mol. The summed E-state index contributed by atoms with van der Waals surface area (Å²) in [5, 5.41) is 0.382. The average molecular weight is 307 g/mol. The van der Waals surface area contributed by atoms with Crippen molar-refractivity contribution in [3.05, 3.63) is 29.8 Å². The lowest BCUT2D eigenvalue weighted by molar-refractivity contribution is -0.148. The zero-order chi connectivity index (χ0) is 15.5. The normalized spacial score (nSPS) is 25.9. The van der Waals surface area contributed by atoms with Crippen molar-refractivity contribution in [1.29, 1.82) is 0 Å². The fourth-order valence-corrected chi connectivity index (χ4v) is 4.21. The average Bonchev–Trinajstić information content (AvgIpc) is 2.47. The van der Waals surface area contributed by atoms with Crippen LogP contribution in [0.2, 0.25) is 0 Å². The van der Waals surface area contributed by atoms with Crippen LogP contribution in [0.5, 0.6) is 0 Å². The number of nitrogens with two attached hydrogens (primary N) is 1. The lowest BCUT2D eigenvalue weighted by atomic mass is 9.82. The van der Waals surface area contributed by atoms with Crippen LogP contribution in [0.3, 0.4) is 0 Å². The molecule has 2 atom stereocenters. The van der Waals surface area contributed by atoms with E-state index >= 15 is 0 Å². The first-order valence-corrected chi connectivity index (χ1v) is 8.46. The van der Waals surface area contributed by atoms with Gasteiger partial charge in [-0.25, -0.2) is 0 Å². The van der Waals surface area contributed by atoms with E-state index in [0.717, 1.165) is 19.3 Å². The van der Waals surface area contributed by atoms with Gasteiger partial charge in [-0.1, -0.05) is 26.0 Å². The molecule has 0 bridgehead atoms. The number of hydrogen-bond donors (Lipinski definition) is 1. The highest BCUT2D eigenvalue weighted by molar-refractivity contribution is 8.00. The van der Waals surface area contributed by atoms with Crippen molar-refractivity contribution >= 4 is 17.7 Å². The molecule has 0 aliphatic heterocycles. The molecule has 2 rings (SSSR count). The molecule has 0 heterocycles. The number of methoxy groups -OCH3 is 1. The van der Waals surface area contributed by atoms with Gasteiger partial charge in [-0.3, -0.25) is 4.79 Å². The molecule has 116 valence electrons. The van der Waals surface area contributed by atoms with Gasteiger partial charge in [0, 0.05) is 10.1 Å². The molecule has 0 amide bonds. The van der Waals surface area contributed by atoms with Crippen LogP contribution in [0.25, 0.3) is 0 Å². The molecule has 4 heteroatoms. The molecule has 1 aromatic carbocycles. The fourth-order valence-electron chi connectivity index (χ4n) is 2.87. The minimum Gasteiger partial charge on any atom is -0.468 e. The SMILES string of the molecule is COC(=O)C1(N)CCCC(Sc2ccc(C(C)C)cc2)C1. The maximum absolute atomic E-state index is 11.8. The highest BCUT2D eigenvalue weighted by Gasteiger charge is 2.40. The summed E-state index contributed by atoms with van der Waals surface area (Å²) in [6, 6.07) is 8.72. The topological polar surface area (TPSA) is 52.3 Å². The third kappa shape index (κ3) is 4.01. The molecule has 1 fully saturated rings. The van der Waals surface area contributed by atoms with Crippen molar-refractivity contribution in [3.8, 4) is 0 Å². The number of thioether (sulfide) groups is 1. The summed E-state index contributed by atoms with van der Waals surface area (Å²) in [6.07, 6.45) is 3.50. The maximum atomic E-state index is 11.8. The monoisotopic (exact) mass is 307 g/mol. The summed E-state index contributed by atoms with van der Waals surface area (Å²) in [4.78, 5) is 13.1. The van der Waals surface area contributed by atoms with E-state index in [-0.39, 0.29) is 5.97 Å². The Bertz CT molecular complexity index is 486. The van der Waals surface area contributed by atoms with Gasteiger partial charge in [0.05, 0.1) is 7.11 Å². The number of rotatable bonds is 4. The highest BCUT2D eigenvalue weighted by atomic mass is 32.2. The molecule has 0 spiro atoms. The molecule has 1 aliphatic rings. The standard InChI is InChI=1S/C17H25NO2S/c1-12(2)13-6-8-14(9-7-13)21-15-5-4-10-17(18,11-15)16(19)20-3/h6-9,12,15H,4-5,10-11,18H2,1-3H3. The first-order valence-electron chi connectivity index (χ1n) is 7.58. The Morgan fingerprint density at radius 1 is 1.38 bits per heavy atom. The molecule has 0 radical (unpaired) electrons. The van der Waals surface area contributed by atoms with E-state index in [1.54, 1.807) is 0 Å². The van der Waals surface area contributed by atoms with Crippen LogP contribution in [-0.2, 0) is 9.53 Å². The first kappa shape index (κ1) is 16.4. The van der Waals surface area contributed by atoms with Crippen LogP contribution >= 0.6 is 11.8 Å². The molecule has 21 heavy (non-hydrogen) atoms. The molecule has 1 saturated carbocycles. The number of esters is 1. The Kier molecular flexibility index (Phi) is 5.33. The largest absolute Gasteiger partial charge is 0.468 e. The van der Waals surface area contributed by atoms with Gasteiger partial charge in [0.15, 0.2) is 0 Å². The number of carbonyl (C=O) groups is 1. The molecule has 1 aliphatic carbocycles. The van der Waals surface area contributed by atoms with Gasteiger partial charge < -0.3 is 10.5 Å². The maximum Gasteiger partial charge on any atom is 0.325 e. The minimum absolute atomic E-state index is 0.275. The number of carbonyl (C=O) groups excluding carboxylic acids is 1. The van der Waals surface area contributed by atoms with Crippen LogP contribution in [-0.4, -0.2) is 23.9 Å². The van der Waals surface area contributed by atoms with Crippen LogP contribution in [0.4, 0.5) is 0 Å². The van der Waals surface area contributed by atoms with Crippen LogP contribution in [0.1, 0.15) is 51.0 Å². The van der Waals surface area contributed by atoms with Gasteiger partial charge in [-0.2, -0.15) is 0 Å². The van der Waals surface area contributed by atoms with Gasteiger partial charge in [0.25, 0.3) is 0 Å². The van der Waals surface area contributed by atoms with Crippen molar-refractivity contribution in [2.24, 2.45) is 5.73 Å². The first-order chi connectivity index (χ1) is 9.94. The van der Waals surface area contributed by atoms with E-state index in [9.17, 15) is 4.79 Å². The Morgan fingerprint density at radius 2 is 2.05 bits per heavy atom. The third-order valence-electron chi connectivity index (χ3n) is 4.18. The lowest BCUT2D eigenvalue weighted by Crippen LogP contribution is -2.52. The molecule has 3 nitrogen and oxygen atoms in total. The van der Waals surface area contributed by atoms with E-state index in [0.29, 0.717) is 17.6 Å². The predicted octanol–water partition coefficient (Wildman–Crippen LogP) is 3.72. The van der Waals surface area contributed by atoms with E-state index in [1.807, 2.05) is 11.8 Å². The van der Waals surface area contributed by atoms with Gasteiger partial charge in [0.2, 0.25) is 0 Å². The van der Waals surface area contributed by atoms with Crippen molar-refractivity contribution in [3.63, 3.8) is 0 Å². The van der Waals surface area contributed by atoms with E-state index < -0.39 is 5.54 Å². The highest BCUT2D eigenvalue weighted by Crippen LogP contribution is 2.38. The summed E-state index contributed by atoms with van der Waals surface area (Å²) in [6.45, 7) is 4.39. The minimum atomic E-state index is -0.803. The summed E-state index contributed by atoms with van der Waals surface area (Å²) < 4.78 is 4.86. The smallest absolute Gasteiger partial charge is 0.325 e. The number of benzene rings is 1. The summed E-state index contributed by atoms with van der Waals surface area (Å²) in [7, 11) is 1.42. The molecular weight excluding hydrogens is 282 g/mol.